The molecule has 5 heteroatoms. The lowest BCUT2D eigenvalue weighted by Crippen LogP contribution is -2.25. The van der Waals surface area contributed by atoms with Crippen LogP contribution in [0.5, 0.6) is 0 Å². The van der Waals surface area contributed by atoms with Gasteiger partial charge in [-0.1, -0.05) is 30.0 Å². The molecule has 1 fully saturated rings. The number of benzene rings is 1. The zero-order valence-corrected chi connectivity index (χ0v) is 13.3. The molecule has 0 bridgehead atoms. The predicted octanol–water partition coefficient (Wildman–Crippen LogP) is 2.86. The van der Waals surface area contributed by atoms with Crippen molar-refractivity contribution in [2.24, 2.45) is 5.92 Å². The van der Waals surface area contributed by atoms with Gasteiger partial charge in [-0.2, -0.15) is 0 Å². The standard InChI is InChI=1S/C17H18N2O2S/c1-12(20)22-11-13-7-17(21)19(9-13)10-15-4-2-3-14-8-18-6-5-16(14)15/h2-6,8,13H,7,9-11H2,1H3. The Morgan fingerprint density at radius 3 is 3.09 bits per heavy atom. The number of rotatable bonds is 4. The second-order valence-corrected chi connectivity index (χ2v) is 6.86. The fraction of sp³-hybridized carbons (Fsp3) is 0.353. The Hall–Kier alpha value is -1.88. The zero-order valence-electron chi connectivity index (χ0n) is 12.5. The van der Waals surface area contributed by atoms with E-state index >= 15 is 0 Å². The van der Waals surface area contributed by atoms with Crippen molar-refractivity contribution in [1.82, 2.24) is 9.88 Å². The van der Waals surface area contributed by atoms with Crippen LogP contribution in [0.3, 0.4) is 0 Å². The maximum absolute atomic E-state index is 12.2. The number of amides is 1. The lowest BCUT2D eigenvalue weighted by Gasteiger charge is -2.18. The van der Waals surface area contributed by atoms with E-state index in [1.807, 2.05) is 29.3 Å². The summed E-state index contributed by atoms with van der Waals surface area (Å²) in [6.07, 6.45) is 4.17. The first-order valence-corrected chi connectivity index (χ1v) is 8.35. The fourth-order valence-electron chi connectivity index (χ4n) is 2.89. The van der Waals surface area contributed by atoms with Gasteiger partial charge >= 0.3 is 0 Å². The highest BCUT2D eigenvalue weighted by atomic mass is 32.2. The second kappa shape index (κ2) is 6.48. The van der Waals surface area contributed by atoms with Crippen LogP contribution in [0, 0.1) is 5.92 Å². The number of carbonyl (C=O) groups is 2. The van der Waals surface area contributed by atoms with Crippen molar-refractivity contribution in [1.29, 1.82) is 0 Å². The van der Waals surface area contributed by atoms with Gasteiger partial charge in [0.15, 0.2) is 5.12 Å². The molecule has 1 aliphatic heterocycles. The summed E-state index contributed by atoms with van der Waals surface area (Å²) in [6, 6.07) is 8.09. The lowest BCUT2D eigenvalue weighted by molar-refractivity contribution is -0.128. The largest absolute Gasteiger partial charge is 0.338 e. The van der Waals surface area contributed by atoms with Gasteiger partial charge in [0.1, 0.15) is 0 Å². The van der Waals surface area contributed by atoms with Gasteiger partial charge in [0.2, 0.25) is 5.91 Å². The number of hydrogen-bond acceptors (Lipinski definition) is 4. The highest BCUT2D eigenvalue weighted by Gasteiger charge is 2.29. The van der Waals surface area contributed by atoms with Crippen molar-refractivity contribution in [2.45, 2.75) is 19.9 Å². The number of aromatic nitrogens is 1. The minimum absolute atomic E-state index is 0.118. The van der Waals surface area contributed by atoms with E-state index in [-0.39, 0.29) is 16.9 Å². The molecule has 0 saturated carbocycles. The number of likely N-dealkylation sites (tertiary alicyclic amines) is 1. The molecule has 2 aromatic rings. The van der Waals surface area contributed by atoms with E-state index in [4.69, 9.17) is 0 Å². The van der Waals surface area contributed by atoms with Crippen LogP contribution in [-0.4, -0.2) is 33.2 Å². The summed E-state index contributed by atoms with van der Waals surface area (Å²) in [7, 11) is 0. The molecule has 4 nitrogen and oxygen atoms in total. The Labute approximate surface area is 133 Å². The third-order valence-corrected chi connectivity index (χ3v) is 4.99. The molecule has 1 aromatic heterocycles. The van der Waals surface area contributed by atoms with E-state index in [1.54, 1.807) is 13.1 Å². The van der Waals surface area contributed by atoms with E-state index in [0.717, 1.165) is 28.6 Å². The number of pyridine rings is 1. The van der Waals surface area contributed by atoms with Crippen LogP contribution in [0.15, 0.2) is 36.7 Å². The summed E-state index contributed by atoms with van der Waals surface area (Å²) in [4.78, 5) is 29.3. The van der Waals surface area contributed by atoms with Crippen LogP contribution >= 0.6 is 11.8 Å². The van der Waals surface area contributed by atoms with Gasteiger partial charge in [0.05, 0.1) is 0 Å². The first kappa shape index (κ1) is 15.0. The molecule has 22 heavy (non-hydrogen) atoms. The van der Waals surface area contributed by atoms with Crippen LogP contribution in [-0.2, 0) is 16.1 Å². The van der Waals surface area contributed by atoms with Crippen molar-refractivity contribution in [3.05, 3.63) is 42.2 Å². The molecule has 1 aliphatic rings. The molecule has 0 aliphatic carbocycles. The van der Waals surface area contributed by atoms with Gasteiger partial charge in [-0.15, -0.1) is 0 Å². The molecule has 1 atom stereocenters. The van der Waals surface area contributed by atoms with Gasteiger partial charge in [-0.05, 0) is 22.9 Å². The maximum Gasteiger partial charge on any atom is 0.223 e. The normalized spacial score (nSPS) is 18.1. The average molecular weight is 314 g/mol. The maximum atomic E-state index is 12.2. The van der Waals surface area contributed by atoms with Gasteiger partial charge in [-0.3, -0.25) is 14.6 Å². The first-order chi connectivity index (χ1) is 10.6. The molecule has 0 radical (unpaired) electrons. The van der Waals surface area contributed by atoms with Crippen molar-refractivity contribution in [3.63, 3.8) is 0 Å². The molecule has 0 N–H and O–H groups in total. The third-order valence-electron chi connectivity index (χ3n) is 3.95. The van der Waals surface area contributed by atoms with Crippen molar-refractivity contribution < 1.29 is 9.59 Å². The second-order valence-electron chi connectivity index (χ2n) is 5.66. The molecule has 114 valence electrons. The number of nitrogens with zero attached hydrogens (tertiary/aromatic N) is 2. The summed E-state index contributed by atoms with van der Waals surface area (Å²) < 4.78 is 0. The Bertz CT molecular complexity index is 711. The van der Waals surface area contributed by atoms with Crippen molar-refractivity contribution in [2.75, 3.05) is 12.3 Å². The predicted molar refractivity (Wildman–Crippen MR) is 88.4 cm³/mol. The molecule has 0 spiro atoms. The quantitative estimate of drug-likeness (QED) is 0.871. The summed E-state index contributed by atoms with van der Waals surface area (Å²) in [5, 5.41) is 2.36. The minimum atomic E-state index is 0.118. The van der Waals surface area contributed by atoms with E-state index < -0.39 is 0 Å². The van der Waals surface area contributed by atoms with E-state index in [9.17, 15) is 9.59 Å². The first-order valence-electron chi connectivity index (χ1n) is 7.36. The third kappa shape index (κ3) is 3.30. The molecule has 1 saturated heterocycles. The molecule has 3 rings (SSSR count). The molecule has 1 aromatic carbocycles. The Morgan fingerprint density at radius 1 is 1.41 bits per heavy atom. The molecule has 1 amide bonds. The summed E-state index contributed by atoms with van der Waals surface area (Å²) >= 11 is 1.32. The molecule has 1 unspecified atom stereocenters. The topological polar surface area (TPSA) is 50.3 Å². The van der Waals surface area contributed by atoms with Crippen LogP contribution in [0.25, 0.3) is 10.8 Å². The van der Waals surface area contributed by atoms with Crippen LogP contribution in [0.1, 0.15) is 18.9 Å². The van der Waals surface area contributed by atoms with Crippen molar-refractivity contribution in [3.8, 4) is 0 Å². The van der Waals surface area contributed by atoms with Gasteiger partial charge in [-0.25, -0.2) is 0 Å². The van der Waals surface area contributed by atoms with Gasteiger partial charge < -0.3 is 4.90 Å². The Kier molecular flexibility index (Phi) is 4.43. The van der Waals surface area contributed by atoms with Crippen LogP contribution in [0.2, 0.25) is 0 Å². The van der Waals surface area contributed by atoms with Gasteiger partial charge in [0.25, 0.3) is 0 Å². The van der Waals surface area contributed by atoms with E-state index in [2.05, 4.69) is 11.1 Å². The number of thioether (sulfide) groups is 1. The molecular weight excluding hydrogens is 296 g/mol. The monoisotopic (exact) mass is 314 g/mol. The van der Waals surface area contributed by atoms with Gasteiger partial charge in [0, 0.05) is 50.0 Å². The fourth-order valence-corrected chi connectivity index (χ4v) is 3.58. The molecule has 2 heterocycles. The highest BCUT2D eigenvalue weighted by Crippen LogP contribution is 2.26. The number of fused-ring (bicyclic) bond motifs is 1. The van der Waals surface area contributed by atoms with E-state index in [0.29, 0.717) is 13.0 Å². The number of carbonyl (C=O) groups excluding carboxylic acids is 2. The summed E-state index contributed by atoms with van der Waals surface area (Å²) in [6.45, 7) is 2.94. The smallest absolute Gasteiger partial charge is 0.223 e. The highest BCUT2D eigenvalue weighted by molar-refractivity contribution is 8.13. The lowest BCUT2D eigenvalue weighted by atomic mass is 10.1. The Morgan fingerprint density at radius 2 is 2.27 bits per heavy atom. The SMILES string of the molecule is CC(=O)SCC1CC(=O)N(Cc2cccc3cnccc23)C1. The number of hydrogen-bond donors (Lipinski definition) is 0. The van der Waals surface area contributed by atoms with Crippen LogP contribution < -0.4 is 0 Å². The van der Waals surface area contributed by atoms with Crippen molar-refractivity contribution >= 4 is 33.6 Å². The summed E-state index contributed by atoms with van der Waals surface area (Å²) in [5.41, 5.74) is 1.15. The summed E-state index contributed by atoms with van der Waals surface area (Å²) in [5.74, 6) is 1.19. The Balaban J connectivity index is 1.72. The van der Waals surface area contributed by atoms with E-state index in [1.165, 1.54) is 11.8 Å². The average Bonchev–Trinajstić information content (AvgIpc) is 2.86. The van der Waals surface area contributed by atoms with Crippen LogP contribution in [0.4, 0.5) is 0 Å². The molecular formula is C17H18N2O2S. The minimum Gasteiger partial charge on any atom is -0.338 e. The zero-order chi connectivity index (χ0) is 15.5.